The summed E-state index contributed by atoms with van der Waals surface area (Å²) in [4.78, 5) is 37.2. The lowest BCUT2D eigenvalue weighted by Gasteiger charge is -2.20. The fourth-order valence-electron chi connectivity index (χ4n) is 2.67. The van der Waals surface area contributed by atoms with E-state index in [-0.39, 0.29) is 43.3 Å². The number of carbonyl (C=O) groups excluding carboxylic acids is 3. The van der Waals surface area contributed by atoms with Gasteiger partial charge in [-0.15, -0.1) is 0 Å². The fourth-order valence-corrected chi connectivity index (χ4v) is 2.67. The van der Waals surface area contributed by atoms with Crippen molar-refractivity contribution >= 4 is 17.9 Å². The Morgan fingerprint density at radius 1 is 1.20 bits per heavy atom. The molecule has 0 spiro atoms. The van der Waals surface area contributed by atoms with Gasteiger partial charge in [0.05, 0.1) is 5.92 Å². The van der Waals surface area contributed by atoms with Gasteiger partial charge < -0.3 is 20.3 Å². The molecule has 3 amide bonds. The van der Waals surface area contributed by atoms with E-state index in [0.717, 1.165) is 5.56 Å². The van der Waals surface area contributed by atoms with E-state index in [2.05, 4.69) is 10.6 Å². The van der Waals surface area contributed by atoms with E-state index in [9.17, 15) is 14.4 Å². The van der Waals surface area contributed by atoms with Gasteiger partial charge in [-0.3, -0.25) is 9.59 Å². The molecule has 1 aliphatic heterocycles. The Morgan fingerprint density at radius 3 is 2.52 bits per heavy atom. The van der Waals surface area contributed by atoms with Gasteiger partial charge in [-0.1, -0.05) is 30.3 Å². The predicted molar refractivity (Wildman–Crippen MR) is 92.6 cm³/mol. The van der Waals surface area contributed by atoms with E-state index >= 15 is 0 Å². The maximum Gasteiger partial charge on any atom is 0.407 e. The highest BCUT2D eigenvalue weighted by Crippen LogP contribution is 2.19. The molecule has 0 aromatic heterocycles. The number of hydrogen-bond acceptors (Lipinski definition) is 4. The molecule has 0 aliphatic carbocycles. The van der Waals surface area contributed by atoms with Crippen LogP contribution in [0.15, 0.2) is 30.3 Å². The maximum absolute atomic E-state index is 12.1. The monoisotopic (exact) mass is 347 g/mol. The van der Waals surface area contributed by atoms with Crippen molar-refractivity contribution in [2.75, 3.05) is 19.6 Å². The second-order valence-corrected chi connectivity index (χ2v) is 6.32. The van der Waals surface area contributed by atoms with Crippen LogP contribution in [0.4, 0.5) is 4.79 Å². The molecule has 0 saturated carbocycles. The van der Waals surface area contributed by atoms with Crippen LogP contribution in [0.1, 0.15) is 25.8 Å². The summed E-state index contributed by atoms with van der Waals surface area (Å²) in [6.07, 6.45) is -0.281. The second-order valence-electron chi connectivity index (χ2n) is 6.32. The van der Waals surface area contributed by atoms with E-state index in [1.165, 1.54) is 0 Å². The highest BCUT2D eigenvalue weighted by molar-refractivity contribution is 5.89. The van der Waals surface area contributed by atoms with E-state index in [1.807, 2.05) is 44.2 Å². The Hall–Kier alpha value is -2.57. The number of benzene rings is 1. The first-order valence-electron chi connectivity index (χ1n) is 8.49. The van der Waals surface area contributed by atoms with Crippen LogP contribution in [0.3, 0.4) is 0 Å². The summed E-state index contributed by atoms with van der Waals surface area (Å²) in [6, 6.07) is 9.49. The summed E-state index contributed by atoms with van der Waals surface area (Å²) >= 11 is 0. The molecule has 25 heavy (non-hydrogen) atoms. The zero-order valence-corrected chi connectivity index (χ0v) is 14.7. The lowest BCUT2D eigenvalue weighted by molar-refractivity contribution is -0.129. The van der Waals surface area contributed by atoms with Crippen molar-refractivity contribution in [3.05, 3.63) is 35.9 Å². The molecule has 136 valence electrons. The average molecular weight is 347 g/mol. The minimum Gasteiger partial charge on any atom is -0.445 e. The minimum atomic E-state index is -0.528. The van der Waals surface area contributed by atoms with Crippen LogP contribution >= 0.6 is 0 Å². The summed E-state index contributed by atoms with van der Waals surface area (Å²) < 4.78 is 5.08. The molecule has 0 radical (unpaired) electrons. The van der Waals surface area contributed by atoms with Crippen LogP contribution < -0.4 is 10.6 Å². The topological polar surface area (TPSA) is 87.7 Å². The summed E-state index contributed by atoms with van der Waals surface area (Å²) in [6.45, 7) is 5.09. The van der Waals surface area contributed by atoms with E-state index in [0.29, 0.717) is 13.1 Å². The number of alkyl carbamates (subject to hydrolysis) is 1. The Bertz CT molecular complexity index is 604. The Morgan fingerprint density at radius 2 is 1.88 bits per heavy atom. The lowest BCUT2D eigenvalue weighted by Crippen LogP contribution is -2.39. The van der Waals surface area contributed by atoms with Crippen LogP contribution in [-0.2, 0) is 20.9 Å². The molecule has 1 atom stereocenters. The number of amides is 3. The van der Waals surface area contributed by atoms with Crippen molar-refractivity contribution in [3.8, 4) is 0 Å². The van der Waals surface area contributed by atoms with E-state index < -0.39 is 6.09 Å². The molecule has 1 unspecified atom stereocenters. The van der Waals surface area contributed by atoms with Gasteiger partial charge in [0.25, 0.3) is 0 Å². The van der Waals surface area contributed by atoms with Gasteiger partial charge in [0.15, 0.2) is 0 Å². The highest BCUT2D eigenvalue weighted by atomic mass is 16.5. The number of hydrogen-bond donors (Lipinski definition) is 2. The van der Waals surface area contributed by atoms with Crippen molar-refractivity contribution in [3.63, 3.8) is 0 Å². The largest absolute Gasteiger partial charge is 0.445 e. The molecule has 2 N–H and O–H groups in total. The van der Waals surface area contributed by atoms with Crippen LogP contribution in [0.5, 0.6) is 0 Å². The smallest absolute Gasteiger partial charge is 0.407 e. The van der Waals surface area contributed by atoms with Crippen molar-refractivity contribution in [1.82, 2.24) is 15.5 Å². The first kappa shape index (κ1) is 18.8. The SMILES string of the molecule is CC(C)N1CC(C(=O)NCCNC(=O)OCc2ccccc2)CC1=O. The van der Waals surface area contributed by atoms with Crippen LogP contribution in [0.25, 0.3) is 0 Å². The van der Waals surface area contributed by atoms with Gasteiger partial charge in [-0.05, 0) is 19.4 Å². The fraction of sp³-hybridized carbons (Fsp3) is 0.500. The zero-order chi connectivity index (χ0) is 18.2. The van der Waals surface area contributed by atoms with E-state index in [1.54, 1.807) is 4.90 Å². The standard InChI is InChI=1S/C18H25N3O4/c1-13(2)21-11-15(10-16(21)22)17(23)19-8-9-20-18(24)25-12-14-6-4-3-5-7-14/h3-7,13,15H,8-12H2,1-2H3,(H,19,23)(H,20,24). The molecular formula is C18H25N3O4. The summed E-state index contributed by atoms with van der Waals surface area (Å²) in [7, 11) is 0. The number of nitrogens with one attached hydrogen (secondary N) is 2. The first-order chi connectivity index (χ1) is 12.0. The number of nitrogens with zero attached hydrogens (tertiary/aromatic N) is 1. The summed E-state index contributed by atoms with van der Waals surface area (Å²) in [5, 5.41) is 5.33. The molecule has 1 saturated heterocycles. The van der Waals surface area contributed by atoms with Gasteiger partial charge in [0.1, 0.15) is 6.61 Å². The van der Waals surface area contributed by atoms with Gasteiger partial charge in [0.2, 0.25) is 11.8 Å². The number of rotatable bonds is 7. The number of ether oxygens (including phenoxy) is 1. The third-order valence-corrected chi connectivity index (χ3v) is 4.06. The molecular weight excluding hydrogens is 322 g/mol. The maximum atomic E-state index is 12.1. The van der Waals surface area contributed by atoms with Crippen molar-refractivity contribution in [2.45, 2.75) is 32.9 Å². The van der Waals surface area contributed by atoms with Crippen LogP contribution in [0, 0.1) is 5.92 Å². The normalized spacial score (nSPS) is 16.8. The quantitative estimate of drug-likeness (QED) is 0.728. The third kappa shape index (κ3) is 5.77. The molecule has 1 aromatic carbocycles. The number of likely N-dealkylation sites (tertiary alicyclic amines) is 1. The first-order valence-corrected chi connectivity index (χ1v) is 8.49. The Kier molecular flexibility index (Phi) is 6.80. The van der Waals surface area contributed by atoms with Crippen LogP contribution in [-0.4, -0.2) is 48.5 Å². The van der Waals surface area contributed by atoms with Crippen molar-refractivity contribution < 1.29 is 19.1 Å². The van der Waals surface area contributed by atoms with Crippen LogP contribution in [0.2, 0.25) is 0 Å². The summed E-state index contributed by atoms with van der Waals surface area (Å²) in [5.41, 5.74) is 0.909. The van der Waals surface area contributed by atoms with Gasteiger partial charge in [0, 0.05) is 32.1 Å². The molecule has 7 nitrogen and oxygen atoms in total. The zero-order valence-electron chi connectivity index (χ0n) is 14.7. The number of carbonyl (C=O) groups is 3. The second kappa shape index (κ2) is 9.05. The van der Waals surface area contributed by atoms with Crippen molar-refractivity contribution in [2.24, 2.45) is 5.92 Å². The average Bonchev–Trinajstić information content (AvgIpc) is 3.00. The Labute approximate surface area is 147 Å². The third-order valence-electron chi connectivity index (χ3n) is 4.06. The lowest BCUT2D eigenvalue weighted by atomic mass is 10.1. The molecule has 7 heteroatoms. The van der Waals surface area contributed by atoms with Gasteiger partial charge >= 0.3 is 6.09 Å². The molecule has 1 aromatic rings. The van der Waals surface area contributed by atoms with Gasteiger partial charge in [-0.25, -0.2) is 4.79 Å². The molecule has 1 aliphatic rings. The van der Waals surface area contributed by atoms with Gasteiger partial charge in [-0.2, -0.15) is 0 Å². The molecule has 1 fully saturated rings. The molecule has 2 rings (SSSR count). The minimum absolute atomic E-state index is 0.0118. The molecule has 0 bridgehead atoms. The molecule has 1 heterocycles. The Balaban J connectivity index is 1.60. The van der Waals surface area contributed by atoms with E-state index in [4.69, 9.17) is 4.74 Å². The summed E-state index contributed by atoms with van der Waals surface area (Å²) in [5.74, 6) is -0.464. The predicted octanol–water partition coefficient (Wildman–Crippen LogP) is 1.29. The van der Waals surface area contributed by atoms with Crippen molar-refractivity contribution in [1.29, 1.82) is 0 Å². The highest BCUT2D eigenvalue weighted by Gasteiger charge is 2.35.